The number of rotatable bonds is 10. The van der Waals surface area contributed by atoms with Gasteiger partial charge in [-0.1, -0.05) is 86.3 Å². The fourth-order valence-electron chi connectivity index (χ4n) is 5.23. The Morgan fingerprint density at radius 1 is 0.949 bits per heavy atom. The highest BCUT2D eigenvalue weighted by Crippen LogP contribution is 2.23. The van der Waals surface area contributed by atoms with E-state index in [-0.39, 0.29) is 29.9 Å². The summed E-state index contributed by atoms with van der Waals surface area (Å²) in [5, 5.41) is 4.91. The number of aryl methyl sites for hydroxylation is 1. The van der Waals surface area contributed by atoms with Crippen molar-refractivity contribution in [3.05, 3.63) is 77.9 Å². The minimum atomic E-state index is -3.93. The molecule has 1 fully saturated rings. The second kappa shape index (κ2) is 12.7. The molecule has 3 aromatic rings. The maximum atomic E-state index is 13.8. The van der Waals surface area contributed by atoms with Gasteiger partial charge in [-0.2, -0.15) is 4.31 Å². The normalized spacial score (nSPS) is 15.3. The molecular weight excluding hydrogens is 510 g/mol. The molecule has 0 bridgehead atoms. The highest BCUT2D eigenvalue weighted by atomic mass is 32.2. The highest BCUT2D eigenvalue weighted by molar-refractivity contribution is 7.89. The quantitative estimate of drug-likeness (QED) is 0.385. The van der Waals surface area contributed by atoms with Crippen LogP contribution in [0.4, 0.5) is 0 Å². The molecule has 1 saturated carbocycles. The van der Waals surface area contributed by atoms with E-state index in [4.69, 9.17) is 0 Å². The second-order valence-electron chi connectivity index (χ2n) is 10.5. The molecular formula is C31H39N3O4S. The Kier molecular flexibility index (Phi) is 9.40. The number of sulfonamides is 1. The fraction of sp³-hybridized carbons (Fsp3) is 0.419. The van der Waals surface area contributed by atoms with Gasteiger partial charge in [0.25, 0.3) is 0 Å². The zero-order chi connectivity index (χ0) is 28.0. The van der Waals surface area contributed by atoms with Crippen molar-refractivity contribution in [3.63, 3.8) is 0 Å². The van der Waals surface area contributed by atoms with Crippen LogP contribution < -0.4 is 5.32 Å². The minimum Gasteiger partial charge on any atom is -0.352 e. The zero-order valence-corrected chi connectivity index (χ0v) is 23.9. The van der Waals surface area contributed by atoms with Crippen molar-refractivity contribution in [1.82, 2.24) is 14.5 Å². The molecule has 1 atom stereocenters. The van der Waals surface area contributed by atoms with Crippen LogP contribution in [0.3, 0.4) is 0 Å². The number of nitrogens with zero attached hydrogens (tertiary/aromatic N) is 2. The molecule has 7 nitrogen and oxygen atoms in total. The number of likely N-dealkylation sites (N-methyl/N-ethyl adjacent to an activating group) is 1. The van der Waals surface area contributed by atoms with Crippen LogP contribution in [-0.2, 0) is 26.2 Å². The molecule has 0 heterocycles. The van der Waals surface area contributed by atoms with Crippen LogP contribution in [0.1, 0.15) is 56.6 Å². The Morgan fingerprint density at radius 2 is 1.62 bits per heavy atom. The van der Waals surface area contributed by atoms with Gasteiger partial charge in [0.2, 0.25) is 21.8 Å². The Morgan fingerprint density at radius 3 is 2.28 bits per heavy atom. The fourth-order valence-corrected chi connectivity index (χ4v) is 6.38. The van der Waals surface area contributed by atoms with E-state index < -0.39 is 22.0 Å². The molecule has 0 saturated heterocycles. The van der Waals surface area contributed by atoms with Crippen LogP contribution in [0.2, 0.25) is 0 Å². The van der Waals surface area contributed by atoms with Gasteiger partial charge in [0, 0.05) is 19.6 Å². The number of hydrogen-bond acceptors (Lipinski definition) is 4. The van der Waals surface area contributed by atoms with Crippen molar-refractivity contribution in [3.8, 4) is 0 Å². The van der Waals surface area contributed by atoms with Crippen molar-refractivity contribution in [2.75, 3.05) is 13.6 Å². The number of benzene rings is 3. The monoisotopic (exact) mass is 549 g/mol. The van der Waals surface area contributed by atoms with Gasteiger partial charge in [-0.15, -0.1) is 0 Å². The molecule has 8 heteroatoms. The molecule has 0 radical (unpaired) electrons. The van der Waals surface area contributed by atoms with Crippen molar-refractivity contribution in [1.29, 1.82) is 0 Å². The summed E-state index contributed by atoms with van der Waals surface area (Å²) in [6.07, 6.45) is 5.68. The average Bonchev–Trinajstić information content (AvgIpc) is 2.94. The second-order valence-corrected chi connectivity index (χ2v) is 12.6. The molecule has 4 rings (SSSR count). The van der Waals surface area contributed by atoms with E-state index in [9.17, 15) is 18.0 Å². The van der Waals surface area contributed by atoms with E-state index in [1.54, 1.807) is 18.2 Å². The maximum Gasteiger partial charge on any atom is 0.243 e. The minimum absolute atomic E-state index is 0.118. The number of carbonyl (C=O) groups is 2. The molecule has 1 aliphatic carbocycles. The Hall–Kier alpha value is -3.23. The van der Waals surface area contributed by atoms with Crippen LogP contribution in [0.15, 0.2) is 71.6 Å². The third-order valence-corrected chi connectivity index (χ3v) is 9.40. The third-order valence-electron chi connectivity index (χ3n) is 7.60. The molecule has 39 heavy (non-hydrogen) atoms. The van der Waals surface area contributed by atoms with E-state index in [2.05, 4.69) is 5.32 Å². The van der Waals surface area contributed by atoms with Gasteiger partial charge in [-0.05, 0) is 54.7 Å². The van der Waals surface area contributed by atoms with Gasteiger partial charge in [-0.3, -0.25) is 9.59 Å². The Bertz CT molecular complexity index is 1400. The molecule has 208 valence electrons. The van der Waals surface area contributed by atoms with E-state index in [0.29, 0.717) is 6.42 Å². The standard InChI is InChI=1S/C31H39N3O4S/c1-4-29(31(36)32-27-12-6-5-7-13-27)34(21-24-16-14-23(2)15-17-24)30(35)22-33(3)39(37,38)28-19-18-25-10-8-9-11-26(25)20-28/h8-11,14-20,27,29H,4-7,12-13,21-22H2,1-3H3,(H,32,36). The van der Waals surface area contributed by atoms with Gasteiger partial charge in [-0.25, -0.2) is 8.42 Å². The predicted octanol–water partition coefficient (Wildman–Crippen LogP) is 5.03. The lowest BCUT2D eigenvalue weighted by molar-refractivity contribution is -0.141. The predicted molar refractivity (Wildman–Crippen MR) is 155 cm³/mol. The van der Waals surface area contributed by atoms with Gasteiger partial charge in [0.05, 0.1) is 11.4 Å². The van der Waals surface area contributed by atoms with E-state index in [1.165, 1.54) is 18.4 Å². The number of nitrogens with one attached hydrogen (secondary N) is 1. The molecule has 1 N–H and O–H groups in total. The molecule has 0 spiro atoms. The van der Waals surface area contributed by atoms with Crippen molar-refractivity contribution >= 4 is 32.6 Å². The van der Waals surface area contributed by atoms with Gasteiger partial charge < -0.3 is 10.2 Å². The number of carbonyl (C=O) groups excluding carboxylic acids is 2. The van der Waals surface area contributed by atoms with Gasteiger partial charge in [0.15, 0.2) is 0 Å². The molecule has 2 amide bonds. The largest absolute Gasteiger partial charge is 0.352 e. The lowest BCUT2D eigenvalue weighted by Gasteiger charge is -2.33. The van der Waals surface area contributed by atoms with E-state index in [1.807, 2.05) is 62.4 Å². The average molecular weight is 550 g/mol. The van der Waals surface area contributed by atoms with Gasteiger partial charge in [0.1, 0.15) is 6.04 Å². The highest BCUT2D eigenvalue weighted by Gasteiger charge is 2.33. The number of fused-ring (bicyclic) bond motifs is 1. The number of hydrogen-bond donors (Lipinski definition) is 1. The first-order valence-corrected chi connectivity index (χ1v) is 15.2. The number of amides is 2. The third kappa shape index (κ3) is 7.05. The molecule has 3 aromatic carbocycles. The lowest BCUT2D eigenvalue weighted by atomic mass is 9.95. The smallest absolute Gasteiger partial charge is 0.243 e. The summed E-state index contributed by atoms with van der Waals surface area (Å²) in [6.45, 7) is 3.73. The summed E-state index contributed by atoms with van der Waals surface area (Å²) in [5.41, 5.74) is 1.98. The SMILES string of the molecule is CCC(C(=O)NC1CCCCC1)N(Cc1ccc(C)cc1)C(=O)CN(C)S(=O)(=O)c1ccc2ccccc2c1. The summed E-state index contributed by atoms with van der Waals surface area (Å²) >= 11 is 0. The topological polar surface area (TPSA) is 86.8 Å². The summed E-state index contributed by atoms with van der Waals surface area (Å²) in [4.78, 5) is 28.8. The first-order chi connectivity index (χ1) is 18.7. The summed E-state index contributed by atoms with van der Waals surface area (Å²) in [5.74, 6) is -0.585. The Balaban J connectivity index is 1.56. The molecule has 1 unspecified atom stereocenters. The van der Waals surface area contributed by atoms with Crippen LogP contribution in [0.5, 0.6) is 0 Å². The molecule has 0 aliphatic heterocycles. The zero-order valence-electron chi connectivity index (χ0n) is 23.1. The van der Waals surface area contributed by atoms with E-state index >= 15 is 0 Å². The van der Waals surface area contributed by atoms with Crippen molar-refractivity contribution in [2.45, 2.75) is 75.9 Å². The van der Waals surface area contributed by atoms with E-state index in [0.717, 1.165) is 51.9 Å². The molecule has 1 aliphatic rings. The van der Waals surface area contributed by atoms with Crippen molar-refractivity contribution in [2.24, 2.45) is 0 Å². The summed E-state index contributed by atoms with van der Waals surface area (Å²) in [7, 11) is -2.52. The summed E-state index contributed by atoms with van der Waals surface area (Å²) in [6, 6.07) is 19.7. The lowest BCUT2D eigenvalue weighted by Crippen LogP contribution is -2.53. The first-order valence-electron chi connectivity index (χ1n) is 13.8. The summed E-state index contributed by atoms with van der Waals surface area (Å²) < 4.78 is 28.0. The van der Waals surface area contributed by atoms with Crippen LogP contribution in [-0.4, -0.2) is 55.1 Å². The Labute approximate surface area is 232 Å². The maximum absolute atomic E-state index is 13.8. The molecule has 0 aromatic heterocycles. The van der Waals surface area contributed by atoms with Crippen molar-refractivity contribution < 1.29 is 18.0 Å². The van der Waals surface area contributed by atoms with Crippen LogP contribution >= 0.6 is 0 Å². The first kappa shape index (κ1) is 28.8. The van der Waals surface area contributed by atoms with Gasteiger partial charge >= 0.3 is 0 Å². The van der Waals surface area contributed by atoms with Crippen LogP contribution in [0.25, 0.3) is 10.8 Å². The van der Waals surface area contributed by atoms with Crippen LogP contribution in [0, 0.1) is 6.92 Å².